The van der Waals surface area contributed by atoms with Crippen molar-refractivity contribution >= 4 is 28.9 Å². The average molecular weight is 421 g/mol. The average Bonchev–Trinajstić information content (AvgIpc) is 3.14. The van der Waals surface area contributed by atoms with Crippen LogP contribution in [0.25, 0.3) is 0 Å². The van der Waals surface area contributed by atoms with Crippen LogP contribution >= 0.6 is 11.6 Å². The maximum Gasteiger partial charge on any atom is 0.292 e. The first-order chi connectivity index (χ1) is 13.9. The maximum atomic E-state index is 12.6. The van der Waals surface area contributed by atoms with Crippen molar-refractivity contribution in [2.75, 3.05) is 32.6 Å². The third-order valence-corrected chi connectivity index (χ3v) is 5.35. The minimum Gasteiger partial charge on any atom is -0.497 e. The van der Waals surface area contributed by atoms with E-state index in [1.807, 2.05) is 18.2 Å². The van der Waals surface area contributed by atoms with Gasteiger partial charge in [-0.3, -0.25) is 14.9 Å². The molecular formula is C20H23ClN3O5+. The Morgan fingerprint density at radius 1 is 1.28 bits per heavy atom. The SMILES string of the molecule is COc1ccc([C@H]2CCC[NH+]2CC(=O)Nc2cc(Cl)ccc2[N+](=O)[O-])c(OC)c1. The smallest absolute Gasteiger partial charge is 0.292 e. The number of likely N-dealkylation sites (tertiary alicyclic amines) is 1. The van der Waals surface area contributed by atoms with Crippen LogP contribution in [-0.4, -0.2) is 38.1 Å². The molecule has 8 nitrogen and oxygen atoms in total. The van der Waals surface area contributed by atoms with E-state index in [9.17, 15) is 14.9 Å². The van der Waals surface area contributed by atoms with Gasteiger partial charge in [0.2, 0.25) is 0 Å². The van der Waals surface area contributed by atoms with Crippen molar-refractivity contribution in [3.05, 3.63) is 57.1 Å². The monoisotopic (exact) mass is 420 g/mol. The minimum absolute atomic E-state index is 0.0935. The normalized spacial score (nSPS) is 18.3. The van der Waals surface area contributed by atoms with Crippen LogP contribution in [0.15, 0.2) is 36.4 Å². The first-order valence-electron chi connectivity index (χ1n) is 9.23. The Kier molecular flexibility index (Phi) is 6.56. The van der Waals surface area contributed by atoms with Gasteiger partial charge in [0, 0.05) is 30.0 Å². The second-order valence-electron chi connectivity index (χ2n) is 6.85. The number of methoxy groups -OCH3 is 2. The van der Waals surface area contributed by atoms with E-state index in [0.29, 0.717) is 10.8 Å². The highest BCUT2D eigenvalue weighted by Gasteiger charge is 2.34. The van der Waals surface area contributed by atoms with Crippen molar-refractivity contribution in [2.45, 2.75) is 18.9 Å². The lowest BCUT2D eigenvalue weighted by Gasteiger charge is -2.23. The minimum atomic E-state index is -0.542. The second kappa shape index (κ2) is 9.11. The standard InChI is InChI=1S/C20H22ClN3O5/c1-28-14-6-7-15(19(11-14)29-2)17-4-3-9-23(17)12-20(25)22-16-10-13(21)5-8-18(16)24(26)27/h5-8,10-11,17H,3-4,9,12H2,1-2H3,(H,22,25)/p+1/t17-/m1/s1. The fourth-order valence-corrected chi connectivity index (χ4v) is 3.95. The number of carbonyl (C=O) groups excluding carboxylic acids is 1. The molecule has 0 aromatic heterocycles. The molecular weight excluding hydrogens is 398 g/mol. The number of hydrogen-bond donors (Lipinski definition) is 2. The zero-order chi connectivity index (χ0) is 21.0. The number of amides is 1. The van der Waals surface area contributed by atoms with Crippen LogP contribution in [0.2, 0.25) is 5.02 Å². The molecule has 1 fully saturated rings. The Labute approximate surface area is 173 Å². The summed E-state index contributed by atoms with van der Waals surface area (Å²) in [4.78, 5) is 24.4. The Morgan fingerprint density at radius 3 is 2.76 bits per heavy atom. The van der Waals surface area contributed by atoms with Gasteiger partial charge in [-0.15, -0.1) is 0 Å². The highest BCUT2D eigenvalue weighted by Crippen LogP contribution is 2.32. The maximum absolute atomic E-state index is 12.6. The number of nitro groups is 1. The highest BCUT2D eigenvalue weighted by molar-refractivity contribution is 6.31. The van der Waals surface area contributed by atoms with Crippen molar-refractivity contribution in [1.82, 2.24) is 0 Å². The van der Waals surface area contributed by atoms with Gasteiger partial charge in [0.1, 0.15) is 23.2 Å². The zero-order valence-corrected chi connectivity index (χ0v) is 17.0. The van der Waals surface area contributed by atoms with E-state index in [-0.39, 0.29) is 29.9 Å². The van der Waals surface area contributed by atoms with Crippen molar-refractivity contribution < 1.29 is 24.1 Å². The molecule has 154 valence electrons. The molecule has 9 heteroatoms. The third kappa shape index (κ3) is 4.78. The fraction of sp³-hybridized carbons (Fsp3) is 0.350. The first kappa shape index (κ1) is 20.9. The summed E-state index contributed by atoms with van der Waals surface area (Å²) < 4.78 is 10.8. The second-order valence-corrected chi connectivity index (χ2v) is 7.29. The van der Waals surface area contributed by atoms with Gasteiger partial charge in [0.05, 0.1) is 31.3 Å². The van der Waals surface area contributed by atoms with Gasteiger partial charge < -0.3 is 19.7 Å². The van der Waals surface area contributed by atoms with Crippen molar-refractivity contribution in [2.24, 2.45) is 0 Å². The van der Waals surface area contributed by atoms with Crippen LogP contribution in [0.5, 0.6) is 11.5 Å². The molecule has 29 heavy (non-hydrogen) atoms. The molecule has 1 aliphatic heterocycles. The molecule has 1 amide bonds. The zero-order valence-electron chi connectivity index (χ0n) is 16.2. The number of anilines is 1. The molecule has 2 aromatic carbocycles. The Hall–Kier alpha value is -2.84. The Bertz CT molecular complexity index is 921. The molecule has 0 spiro atoms. The van der Waals surface area contributed by atoms with E-state index in [2.05, 4.69) is 5.32 Å². The summed E-state index contributed by atoms with van der Waals surface area (Å²) in [5.74, 6) is 1.13. The number of nitrogens with zero attached hydrogens (tertiary/aromatic N) is 1. The van der Waals surface area contributed by atoms with E-state index in [1.165, 1.54) is 18.2 Å². The summed E-state index contributed by atoms with van der Waals surface area (Å²) in [7, 11) is 3.21. The topological polar surface area (TPSA) is 95.1 Å². The molecule has 0 aliphatic carbocycles. The molecule has 1 saturated heterocycles. The molecule has 1 aliphatic rings. The van der Waals surface area contributed by atoms with E-state index in [1.54, 1.807) is 14.2 Å². The van der Waals surface area contributed by atoms with Gasteiger partial charge >= 0.3 is 0 Å². The number of ether oxygens (including phenoxy) is 2. The van der Waals surface area contributed by atoms with Crippen LogP contribution < -0.4 is 19.7 Å². The largest absolute Gasteiger partial charge is 0.497 e. The van der Waals surface area contributed by atoms with Crippen LogP contribution in [0.1, 0.15) is 24.4 Å². The van der Waals surface area contributed by atoms with Crippen LogP contribution in [-0.2, 0) is 4.79 Å². The van der Waals surface area contributed by atoms with E-state index >= 15 is 0 Å². The molecule has 0 bridgehead atoms. The van der Waals surface area contributed by atoms with E-state index in [4.69, 9.17) is 21.1 Å². The number of hydrogen-bond acceptors (Lipinski definition) is 5. The van der Waals surface area contributed by atoms with Gasteiger partial charge in [-0.2, -0.15) is 0 Å². The lowest BCUT2D eigenvalue weighted by Crippen LogP contribution is -3.11. The van der Waals surface area contributed by atoms with Crippen LogP contribution in [0.3, 0.4) is 0 Å². The highest BCUT2D eigenvalue weighted by atomic mass is 35.5. The van der Waals surface area contributed by atoms with Crippen molar-refractivity contribution in [3.63, 3.8) is 0 Å². The van der Waals surface area contributed by atoms with Crippen LogP contribution in [0, 0.1) is 10.1 Å². The number of quaternary nitrogens is 1. The third-order valence-electron chi connectivity index (χ3n) is 5.12. The molecule has 1 unspecified atom stereocenters. The number of nitro benzene ring substituents is 1. The lowest BCUT2D eigenvalue weighted by atomic mass is 10.0. The van der Waals surface area contributed by atoms with Gasteiger partial charge in [-0.25, -0.2) is 0 Å². The first-order valence-corrected chi connectivity index (χ1v) is 9.61. The number of halogens is 1. The molecule has 2 atom stereocenters. The number of rotatable bonds is 7. The van der Waals surface area contributed by atoms with Crippen molar-refractivity contribution in [1.29, 1.82) is 0 Å². The Morgan fingerprint density at radius 2 is 2.07 bits per heavy atom. The summed E-state index contributed by atoms with van der Waals surface area (Å²) in [5, 5.41) is 14.2. The predicted molar refractivity (Wildman–Crippen MR) is 109 cm³/mol. The van der Waals surface area contributed by atoms with Gasteiger partial charge in [0.25, 0.3) is 11.6 Å². The molecule has 0 saturated carbocycles. The summed E-state index contributed by atoms with van der Waals surface area (Å²) in [6, 6.07) is 9.87. The number of nitrogens with one attached hydrogen (secondary N) is 2. The molecule has 1 heterocycles. The summed E-state index contributed by atoms with van der Waals surface area (Å²) >= 11 is 5.93. The quantitative estimate of drug-likeness (QED) is 0.530. The predicted octanol–water partition coefficient (Wildman–Crippen LogP) is 2.62. The van der Waals surface area contributed by atoms with Gasteiger partial charge in [-0.1, -0.05) is 11.6 Å². The Balaban J connectivity index is 1.76. The number of benzene rings is 2. The molecule has 2 aromatic rings. The van der Waals surface area contributed by atoms with Gasteiger partial charge in [-0.05, 0) is 24.3 Å². The fourth-order valence-electron chi connectivity index (χ4n) is 3.77. The number of carbonyl (C=O) groups is 1. The molecule has 2 N–H and O–H groups in total. The summed E-state index contributed by atoms with van der Waals surface area (Å²) in [6.45, 7) is 1.01. The van der Waals surface area contributed by atoms with E-state index < -0.39 is 4.92 Å². The van der Waals surface area contributed by atoms with Gasteiger partial charge in [0.15, 0.2) is 6.54 Å². The lowest BCUT2D eigenvalue weighted by molar-refractivity contribution is -0.910. The molecule has 0 radical (unpaired) electrons. The molecule has 3 rings (SSSR count). The van der Waals surface area contributed by atoms with Crippen LogP contribution in [0.4, 0.5) is 11.4 Å². The van der Waals surface area contributed by atoms with Crippen molar-refractivity contribution in [3.8, 4) is 11.5 Å². The summed E-state index contributed by atoms with van der Waals surface area (Å²) in [5.41, 5.74) is 0.930. The van der Waals surface area contributed by atoms with E-state index in [0.717, 1.165) is 35.6 Å². The summed E-state index contributed by atoms with van der Waals surface area (Å²) in [6.07, 6.45) is 1.89.